The monoisotopic (exact) mass is 312 g/mol. The smallest absolute Gasteiger partial charge is 0.255 e. The Hall–Kier alpha value is -1.56. The number of anilines is 1. The maximum absolute atomic E-state index is 12.5. The van der Waals surface area contributed by atoms with E-state index in [1.807, 2.05) is 25.1 Å². The van der Waals surface area contributed by atoms with Crippen LogP contribution in [-0.2, 0) is 9.84 Å². The highest BCUT2D eigenvalue weighted by molar-refractivity contribution is 7.90. The van der Waals surface area contributed by atoms with E-state index in [0.717, 1.165) is 24.2 Å². The third-order valence-corrected chi connectivity index (χ3v) is 4.04. The lowest BCUT2D eigenvalue weighted by Crippen LogP contribution is -2.32. The summed E-state index contributed by atoms with van der Waals surface area (Å²) in [6.07, 6.45) is 2.14. The lowest BCUT2D eigenvalue weighted by atomic mass is 10.1. The zero-order valence-corrected chi connectivity index (χ0v) is 14.0. The number of aryl methyl sites for hydroxylation is 1. The lowest BCUT2D eigenvalue weighted by molar-refractivity contribution is 0.0804. The minimum absolute atomic E-state index is 0.0290. The Balaban J connectivity index is 2.91. The van der Waals surface area contributed by atoms with Crippen molar-refractivity contribution >= 4 is 21.4 Å². The number of rotatable bonds is 7. The van der Waals surface area contributed by atoms with E-state index in [0.29, 0.717) is 5.56 Å². The van der Waals surface area contributed by atoms with Crippen molar-refractivity contribution in [1.82, 2.24) is 4.90 Å². The highest BCUT2D eigenvalue weighted by Crippen LogP contribution is 2.19. The molecule has 0 unspecified atom stereocenters. The fraction of sp³-hybridized carbons (Fsp3) is 0.533. The van der Waals surface area contributed by atoms with Gasteiger partial charge in [-0.3, -0.25) is 4.79 Å². The Bertz CT molecular complexity index is 597. The number of hydrogen-bond donors (Lipinski definition) is 1. The summed E-state index contributed by atoms with van der Waals surface area (Å²) in [7, 11) is -1.45. The number of amides is 1. The molecule has 0 spiro atoms. The molecule has 21 heavy (non-hydrogen) atoms. The van der Waals surface area contributed by atoms with E-state index in [2.05, 4.69) is 12.2 Å². The summed E-state index contributed by atoms with van der Waals surface area (Å²) in [5.41, 5.74) is 2.37. The number of sulfone groups is 1. The predicted molar refractivity (Wildman–Crippen MR) is 86.6 cm³/mol. The van der Waals surface area contributed by atoms with Crippen LogP contribution in [0.4, 0.5) is 5.69 Å². The summed E-state index contributed by atoms with van der Waals surface area (Å²) in [6.45, 7) is 4.97. The molecule has 0 aliphatic heterocycles. The van der Waals surface area contributed by atoms with Gasteiger partial charge in [0.1, 0.15) is 9.84 Å². The summed E-state index contributed by atoms with van der Waals surface area (Å²) in [5.74, 6) is -0.195. The first-order valence-corrected chi connectivity index (χ1v) is 9.08. The molecule has 1 rings (SSSR count). The Morgan fingerprint density at radius 2 is 2.00 bits per heavy atom. The maximum atomic E-state index is 12.5. The number of nitrogens with zero attached hydrogens (tertiary/aromatic N) is 1. The van der Waals surface area contributed by atoms with E-state index < -0.39 is 9.84 Å². The van der Waals surface area contributed by atoms with Crippen LogP contribution < -0.4 is 5.32 Å². The number of carbonyl (C=O) groups is 1. The minimum atomic E-state index is -3.08. The summed E-state index contributed by atoms with van der Waals surface area (Å²) >= 11 is 0. The van der Waals surface area contributed by atoms with Gasteiger partial charge in [0, 0.05) is 32.1 Å². The van der Waals surface area contributed by atoms with Crippen molar-refractivity contribution in [1.29, 1.82) is 0 Å². The van der Waals surface area contributed by atoms with Crippen LogP contribution in [0.1, 0.15) is 29.3 Å². The van der Waals surface area contributed by atoms with E-state index in [9.17, 15) is 13.2 Å². The largest absolute Gasteiger partial charge is 0.384 e. The van der Waals surface area contributed by atoms with Crippen LogP contribution in [0.5, 0.6) is 0 Å². The highest BCUT2D eigenvalue weighted by Gasteiger charge is 2.17. The molecule has 0 radical (unpaired) electrons. The summed E-state index contributed by atoms with van der Waals surface area (Å²) in [5, 5.41) is 3.23. The maximum Gasteiger partial charge on any atom is 0.255 e. The second kappa shape index (κ2) is 7.45. The first kappa shape index (κ1) is 17.5. The molecule has 1 aromatic rings. The zero-order valence-electron chi connectivity index (χ0n) is 13.1. The van der Waals surface area contributed by atoms with Gasteiger partial charge in [0.15, 0.2) is 0 Å². The molecule has 0 bridgehead atoms. The molecule has 1 aromatic carbocycles. The van der Waals surface area contributed by atoms with Gasteiger partial charge >= 0.3 is 0 Å². The van der Waals surface area contributed by atoms with Gasteiger partial charge in [0.25, 0.3) is 5.91 Å². The molecule has 6 heteroatoms. The van der Waals surface area contributed by atoms with Gasteiger partial charge in [-0.1, -0.05) is 18.6 Å². The quantitative estimate of drug-likeness (QED) is 0.835. The fourth-order valence-corrected chi connectivity index (χ4v) is 2.46. The van der Waals surface area contributed by atoms with Crippen LogP contribution in [0, 0.1) is 6.92 Å². The lowest BCUT2D eigenvalue weighted by Gasteiger charge is -2.19. The van der Waals surface area contributed by atoms with Gasteiger partial charge in [-0.15, -0.1) is 0 Å². The molecule has 0 fully saturated rings. The van der Waals surface area contributed by atoms with Crippen molar-refractivity contribution in [3.05, 3.63) is 29.3 Å². The van der Waals surface area contributed by atoms with Crippen molar-refractivity contribution in [2.75, 3.05) is 37.5 Å². The van der Waals surface area contributed by atoms with Crippen LogP contribution in [0.2, 0.25) is 0 Å². The normalized spacial score (nSPS) is 11.2. The van der Waals surface area contributed by atoms with Crippen LogP contribution >= 0.6 is 0 Å². The zero-order chi connectivity index (χ0) is 16.0. The van der Waals surface area contributed by atoms with Crippen molar-refractivity contribution in [3.8, 4) is 0 Å². The van der Waals surface area contributed by atoms with Gasteiger partial charge in [-0.05, 0) is 25.5 Å². The van der Waals surface area contributed by atoms with Crippen LogP contribution in [-0.4, -0.2) is 51.4 Å². The molecule has 0 saturated carbocycles. The molecule has 118 valence electrons. The summed E-state index contributed by atoms with van der Waals surface area (Å²) in [4.78, 5) is 13.9. The molecule has 0 aliphatic carbocycles. The van der Waals surface area contributed by atoms with E-state index >= 15 is 0 Å². The molecule has 0 aromatic heterocycles. The highest BCUT2D eigenvalue weighted by atomic mass is 32.2. The SMILES string of the molecule is CCCNc1ccc(C)cc1C(=O)N(C)CCS(C)(=O)=O. The first-order valence-electron chi connectivity index (χ1n) is 7.02. The molecule has 0 heterocycles. The Morgan fingerprint density at radius 1 is 1.33 bits per heavy atom. The van der Waals surface area contributed by atoms with Crippen LogP contribution in [0.25, 0.3) is 0 Å². The van der Waals surface area contributed by atoms with Crippen LogP contribution in [0.15, 0.2) is 18.2 Å². The number of carbonyl (C=O) groups excluding carboxylic acids is 1. The average Bonchev–Trinajstić information content (AvgIpc) is 2.41. The third-order valence-electron chi connectivity index (χ3n) is 3.12. The molecule has 5 nitrogen and oxygen atoms in total. The van der Waals surface area contributed by atoms with Gasteiger partial charge in [0.05, 0.1) is 11.3 Å². The van der Waals surface area contributed by atoms with Crippen molar-refractivity contribution in [2.45, 2.75) is 20.3 Å². The van der Waals surface area contributed by atoms with Crippen LogP contribution in [0.3, 0.4) is 0 Å². The molecule has 1 N–H and O–H groups in total. The molecular weight excluding hydrogens is 288 g/mol. The van der Waals surface area contributed by atoms with E-state index in [1.165, 1.54) is 11.2 Å². The molecule has 0 aliphatic rings. The topological polar surface area (TPSA) is 66.5 Å². The average molecular weight is 312 g/mol. The number of hydrogen-bond acceptors (Lipinski definition) is 4. The van der Waals surface area contributed by atoms with Crippen molar-refractivity contribution < 1.29 is 13.2 Å². The van der Waals surface area contributed by atoms with E-state index in [4.69, 9.17) is 0 Å². The Kier molecular flexibility index (Phi) is 6.20. The molecule has 1 amide bonds. The standard InChI is InChI=1S/C15H24N2O3S/c1-5-8-16-14-7-6-12(2)11-13(14)15(18)17(3)9-10-21(4,19)20/h6-7,11,16H,5,8-10H2,1-4H3. The molecule has 0 saturated heterocycles. The number of benzene rings is 1. The van der Waals surface area contributed by atoms with Gasteiger partial charge in [-0.25, -0.2) is 8.42 Å². The molecule has 0 atom stereocenters. The Labute approximate surface area is 127 Å². The summed E-state index contributed by atoms with van der Waals surface area (Å²) in [6, 6.07) is 5.67. The van der Waals surface area contributed by atoms with Gasteiger partial charge in [-0.2, -0.15) is 0 Å². The number of nitrogens with one attached hydrogen (secondary N) is 1. The minimum Gasteiger partial charge on any atom is -0.384 e. The predicted octanol–water partition coefficient (Wildman–Crippen LogP) is 1.93. The third kappa shape index (κ3) is 5.75. The summed E-state index contributed by atoms with van der Waals surface area (Å²) < 4.78 is 22.4. The second-order valence-corrected chi connectivity index (χ2v) is 7.59. The van der Waals surface area contributed by atoms with E-state index in [-0.39, 0.29) is 18.2 Å². The van der Waals surface area contributed by atoms with Crippen molar-refractivity contribution in [3.63, 3.8) is 0 Å². The first-order chi connectivity index (χ1) is 9.74. The van der Waals surface area contributed by atoms with Gasteiger partial charge < -0.3 is 10.2 Å². The van der Waals surface area contributed by atoms with E-state index in [1.54, 1.807) is 7.05 Å². The fourth-order valence-electron chi connectivity index (χ4n) is 1.86. The van der Waals surface area contributed by atoms with Crippen molar-refractivity contribution in [2.24, 2.45) is 0 Å². The van der Waals surface area contributed by atoms with Gasteiger partial charge in [0.2, 0.25) is 0 Å². The molecular formula is C15H24N2O3S. The Morgan fingerprint density at radius 3 is 2.57 bits per heavy atom. The second-order valence-electron chi connectivity index (χ2n) is 5.33.